The van der Waals surface area contributed by atoms with Crippen LogP contribution in [0.1, 0.15) is 374 Å². The van der Waals surface area contributed by atoms with Crippen LogP contribution in [0.25, 0.3) is 0 Å². The van der Waals surface area contributed by atoms with Crippen molar-refractivity contribution in [2.45, 2.75) is 380 Å². The van der Waals surface area contributed by atoms with Crippen molar-refractivity contribution in [3.8, 4) is 0 Å². The largest absolute Gasteiger partial charge is 0.462 e. The van der Waals surface area contributed by atoms with E-state index < -0.39 is 6.10 Å². The number of carbonyl (C=O) groups excluding carboxylic acids is 3. The highest BCUT2D eigenvalue weighted by Gasteiger charge is 2.19. The maximum Gasteiger partial charge on any atom is 0.306 e. The summed E-state index contributed by atoms with van der Waals surface area (Å²) in [5.74, 6) is -0.855. The van der Waals surface area contributed by atoms with E-state index in [0.717, 1.165) is 96.3 Å². The minimum absolute atomic E-state index is 0.0725. The molecule has 0 aromatic carbocycles. The van der Waals surface area contributed by atoms with Crippen molar-refractivity contribution in [2.75, 3.05) is 13.2 Å². The fourth-order valence-electron chi connectivity index (χ4n) is 10.6. The van der Waals surface area contributed by atoms with E-state index in [9.17, 15) is 14.4 Å². The number of hydrogen-bond donors (Lipinski definition) is 0. The van der Waals surface area contributed by atoms with E-state index in [1.54, 1.807) is 0 Å². The zero-order valence-electron chi connectivity index (χ0n) is 54.8. The molecule has 0 heterocycles. The monoisotopic (exact) mass is 1150 g/mol. The molecule has 0 rings (SSSR count). The van der Waals surface area contributed by atoms with Gasteiger partial charge in [0.15, 0.2) is 6.10 Å². The number of unbranched alkanes of at least 4 members (excludes halogenated alkanes) is 43. The van der Waals surface area contributed by atoms with Crippen molar-refractivity contribution in [3.05, 3.63) is 72.9 Å². The second kappa shape index (κ2) is 70.3. The normalized spacial score (nSPS) is 12.5. The molecule has 0 saturated carbocycles. The molecule has 0 amide bonds. The summed E-state index contributed by atoms with van der Waals surface area (Å²) in [5, 5.41) is 0. The smallest absolute Gasteiger partial charge is 0.306 e. The second-order valence-electron chi connectivity index (χ2n) is 24.1. The van der Waals surface area contributed by atoms with Gasteiger partial charge in [0.1, 0.15) is 13.2 Å². The van der Waals surface area contributed by atoms with Crippen LogP contribution >= 0.6 is 0 Å². The first-order valence-electron chi connectivity index (χ1n) is 35.9. The molecule has 1 atom stereocenters. The summed E-state index contributed by atoms with van der Waals surface area (Å²) in [6, 6.07) is 0. The van der Waals surface area contributed by atoms with Gasteiger partial charge in [-0.1, -0.05) is 338 Å². The molecule has 6 nitrogen and oxygen atoms in total. The second-order valence-corrected chi connectivity index (χ2v) is 24.1. The standard InChI is InChI=1S/C76H136O6/c1-4-7-10-13-16-19-22-25-28-30-32-33-34-35-36-37-38-39-40-41-42-43-44-46-48-51-54-57-60-63-66-69-75(78)81-72-73(71-80-74(77)68-65-62-59-56-53-50-47-27-24-21-18-15-12-9-6-3)82-76(79)70-67-64-61-58-55-52-49-45-31-29-26-23-20-17-14-11-8-5-2/h7,10,16,19-20,23,25,28-29,31-33,73H,4-6,8-9,11-15,17-18,21-22,24,26-27,30,34-72H2,1-3H3/b10-7-,19-16-,23-20-,28-25-,31-29-,33-32-. The highest BCUT2D eigenvalue weighted by molar-refractivity contribution is 5.71. The van der Waals surface area contributed by atoms with Crippen LogP contribution in [0.5, 0.6) is 0 Å². The summed E-state index contributed by atoms with van der Waals surface area (Å²) in [5.41, 5.74) is 0. The minimum Gasteiger partial charge on any atom is -0.462 e. The summed E-state index contributed by atoms with van der Waals surface area (Å²) in [7, 11) is 0. The van der Waals surface area contributed by atoms with Crippen LogP contribution in [0, 0.1) is 0 Å². The van der Waals surface area contributed by atoms with Gasteiger partial charge in [-0.25, -0.2) is 0 Å². The lowest BCUT2D eigenvalue weighted by Crippen LogP contribution is -2.30. The van der Waals surface area contributed by atoms with Crippen molar-refractivity contribution in [2.24, 2.45) is 0 Å². The number of rotatable bonds is 66. The predicted molar refractivity (Wildman–Crippen MR) is 358 cm³/mol. The molecule has 0 fully saturated rings. The first kappa shape index (κ1) is 78.8. The third-order valence-corrected chi connectivity index (χ3v) is 15.9. The van der Waals surface area contributed by atoms with E-state index in [1.165, 1.54) is 238 Å². The summed E-state index contributed by atoms with van der Waals surface area (Å²) in [6.45, 7) is 6.57. The average molecular weight is 1150 g/mol. The molecule has 0 spiro atoms. The molecule has 0 aliphatic carbocycles. The molecule has 6 heteroatoms. The first-order valence-corrected chi connectivity index (χ1v) is 35.9. The molecule has 0 aliphatic rings. The van der Waals surface area contributed by atoms with E-state index in [-0.39, 0.29) is 31.1 Å². The van der Waals surface area contributed by atoms with E-state index in [1.807, 2.05) is 0 Å². The van der Waals surface area contributed by atoms with Crippen LogP contribution in [0.2, 0.25) is 0 Å². The Morgan fingerprint density at radius 3 is 0.756 bits per heavy atom. The zero-order chi connectivity index (χ0) is 59.2. The maximum atomic E-state index is 12.9. The van der Waals surface area contributed by atoms with Crippen LogP contribution < -0.4 is 0 Å². The minimum atomic E-state index is -0.777. The van der Waals surface area contributed by atoms with Gasteiger partial charge < -0.3 is 14.2 Å². The lowest BCUT2D eigenvalue weighted by molar-refractivity contribution is -0.167. The number of ether oxygens (including phenoxy) is 3. The highest BCUT2D eigenvalue weighted by Crippen LogP contribution is 2.18. The first-order chi connectivity index (χ1) is 40.5. The summed E-state index contributed by atoms with van der Waals surface area (Å²) in [4.78, 5) is 38.4. The van der Waals surface area contributed by atoms with Crippen LogP contribution in [0.3, 0.4) is 0 Å². The molecule has 0 bridgehead atoms. The van der Waals surface area contributed by atoms with Crippen LogP contribution in [-0.4, -0.2) is 37.2 Å². The van der Waals surface area contributed by atoms with Gasteiger partial charge in [-0.05, 0) is 89.9 Å². The van der Waals surface area contributed by atoms with E-state index in [2.05, 4.69) is 93.7 Å². The van der Waals surface area contributed by atoms with Gasteiger partial charge in [-0.3, -0.25) is 14.4 Å². The SMILES string of the molecule is CC/C=C\C/C=C\C/C=C\C/C=C\CCCCCCCCCCCCCCCCCCCCC(=O)OCC(COC(=O)CCCCCCCCCCCCCCCCC)OC(=O)CCCCCCCCC/C=C\C/C=C\CCCCCC. The van der Waals surface area contributed by atoms with Gasteiger partial charge in [-0.15, -0.1) is 0 Å². The van der Waals surface area contributed by atoms with E-state index in [0.29, 0.717) is 19.3 Å². The van der Waals surface area contributed by atoms with Crippen LogP contribution in [-0.2, 0) is 28.6 Å². The molecule has 0 aromatic rings. The lowest BCUT2D eigenvalue weighted by atomic mass is 10.0. The molecular formula is C76H136O6. The quantitative estimate of drug-likeness (QED) is 0.0261. The van der Waals surface area contributed by atoms with E-state index in [4.69, 9.17) is 14.2 Å². The van der Waals surface area contributed by atoms with Gasteiger partial charge in [0, 0.05) is 19.3 Å². The van der Waals surface area contributed by atoms with Gasteiger partial charge in [0.2, 0.25) is 0 Å². The molecule has 0 radical (unpaired) electrons. The van der Waals surface area contributed by atoms with Crippen LogP contribution in [0.4, 0.5) is 0 Å². The average Bonchev–Trinajstić information content (AvgIpc) is 3.47. The molecule has 476 valence electrons. The molecule has 0 saturated heterocycles. The molecule has 0 N–H and O–H groups in total. The Kier molecular flexibility index (Phi) is 67.6. The lowest BCUT2D eigenvalue weighted by Gasteiger charge is -2.18. The molecular weight excluding hydrogens is 1010 g/mol. The summed E-state index contributed by atoms with van der Waals surface area (Å²) >= 11 is 0. The van der Waals surface area contributed by atoms with Crippen molar-refractivity contribution in [1.29, 1.82) is 0 Å². The highest BCUT2D eigenvalue weighted by atomic mass is 16.6. The van der Waals surface area contributed by atoms with Crippen molar-refractivity contribution < 1.29 is 28.6 Å². The Hall–Kier alpha value is -3.15. The third-order valence-electron chi connectivity index (χ3n) is 15.9. The number of allylic oxidation sites excluding steroid dienone is 12. The van der Waals surface area contributed by atoms with Crippen molar-refractivity contribution in [1.82, 2.24) is 0 Å². The van der Waals surface area contributed by atoms with Gasteiger partial charge in [0.25, 0.3) is 0 Å². The Bertz CT molecular complexity index is 1500. The van der Waals surface area contributed by atoms with Gasteiger partial charge in [0.05, 0.1) is 0 Å². The van der Waals surface area contributed by atoms with Gasteiger partial charge >= 0.3 is 17.9 Å². The number of esters is 3. The fourth-order valence-corrected chi connectivity index (χ4v) is 10.6. The molecule has 1 unspecified atom stereocenters. The van der Waals surface area contributed by atoms with Crippen LogP contribution in [0.15, 0.2) is 72.9 Å². The van der Waals surface area contributed by atoms with Crippen molar-refractivity contribution >= 4 is 17.9 Å². The van der Waals surface area contributed by atoms with Crippen molar-refractivity contribution in [3.63, 3.8) is 0 Å². The maximum absolute atomic E-state index is 12.9. The molecule has 82 heavy (non-hydrogen) atoms. The van der Waals surface area contributed by atoms with Gasteiger partial charge in [-0.2, -0.15) is 0 Å². The van der Waals surface area contributed by atoms with E-state index >= 15 is 0 Å². The molecule has 0 aromatic heterocycles. The number of hydrogen-bond acceptors (Lipinski definition) is 6. The third kappa shape index (κ3) is 67.6. The summed E-state index contributed by atoms with van der Waals surface area (Å²) < 4.78 is 17.0. The summed E-state index contributed by atoms with van der Waals surface area (Å²) in [6.07, 6.45) is 92.2. The zero-order valence-corrected chi connectivity index (χ0v) is 54.8. The Morgan fingerprint density at radius 1 is 0.256 bits per heavy atom. The Labute approximate surface area is 510 Å². The Balaban J connectivity index is 4.21. The fraction of sp³-hybridized carbons (Fsp3) is 0.803. The Morgan fingerprint density at radius 2 is 0.476 bits per heavy atom. The molecule has 0 aliphatic heterocycles. The number of carbonyl (C=O) groups is 3. The predicted octanol–water partition coefficient (Wildman–Crippen LogP) is 24.8. The topological polar surface area (TPSA) is 78.9 Å².